The lowest BCUT2D eigenvalue weighted by Crippen LogP contribution is -2.12. The Balaban J connectivity index is 1.72. The summed E-state index contributed by atoms with van der Waals surface area (Å²) in [4.78, 5) is 28.2. The Labute approximate surface area is 141 Å². The van der Waals surface area contributed by atoms with Crippen LogP contribution >= 0.6 is 0 Å². The van der Waals surface area contributed by atoms with E-state index in [-0.39, 0.29) is 11.7 Å². The van der Waals surface area contributed by atoms with Crippen LogP contribution in [0.3, 0.4) is 0 Å². The van der Waals surface area contributed by atoms with Gasteiger partial charge in [-0.3, -0.25) is 9.78 Å². The molecule has 4 rings (SSSR count). The summed E-state index contributed by atoms with van der Waals surface area (Å²) >= 11 is 0. The number of aromatic nitrogens is 4. The van der Waals surface area contributed by atoms with Crippen molar-refractivity contribution in [2.75, 3.05) is 5.32 Å². The van der Waals surface area contributed by atoms with Crippen molar-refractivity contribution in [3.05, 3.63) is 72.4 Å². The van der Waals surface area contributed by atoms with Crippen molar-refractivity contribution in [2.45, 2.75) is 0 Å². The van der Waals surface area contributed by atoms with Gasteiger partial charge in [0, 0.05) is 18.0 Å². The minimum absolute atomic E-state index is 0.297. The van der Waals surface area contributed by atoms with Gasteiger partial charge in [0.1, 0.15) is 11.6 Å². The number of nitrogens with one attached hydrogen (secondary N) is 2. The van der Waals surface area contributed by atoms with E-state index in [1.165, 1.54) is 18.3 Å². The maximum Gasteiger partial charge on any atom is 0.258 e. The highest BCUT2D eigenvalue weighted by atomic mass is 19.1. The van der Waals surface area contributed by atoms with Crippen molar-refractivity contribution in [2.24, 2.45) is 0 Å². The maximum atomic E-state index is 13.1. The number of pyridine rings is 2. The summed E-state index contributed by atoms with van der Waals surface area (Å²) in [5.41, 5.74) is 2.64. The fourth-order valence-electron chi connectivity index (χ4n) is 2.48. The smallest absolute Gasteiger partial charge is 0.258 e. The molecule has 3 heterocycles. The number of benzene rings is 1. The topological polar surface area (TPSA) is 83.6 Å². The van der Waals surface area contributed by atoms with Crippen LogP contribution in [0.15, 0.2) is 61.1 Å². The Bertz CT molecular complexity index is 1040. The monoisotopic (exact) mass is 333 g/mol. The molecule has 0 atom stereocenters. The molecule has 0 saturated heterocycles. The number of anilines is 1. The molecule has 0 aliphatic heterocycles. The van der Waals surface area contributed by atoms with Crippen LogP contribution in [-0.2, 0) is 0 Å². The summed E-state index contributed by atoms with van der Waals surface area (Å²) in [6.45, 7) is 0. The molecule has 0 spiro atoms. The Morgan fingerprint density at radius 1 is 1.08 bits per heavy atom. The highest BCUT2D eigenvalue weighted by Gasteiger charge is 2.15. The van der Waals surface area contributed by atoms with Crippen LogP contribution in [-0.4, -0.2) is 25.8 Å². The van der Waals surface area contributed by atoms with Crippen molar-refractivity contribution in [1.29, 1.82) is 0 Å². The zero-order chi connectivity index (χ0) is 17.2. The van der Waals surface area contributed by atoms with Gasteiger partial charge in [-0.2, -0.15) is 0 Å². The summed E-state index contributed by atoms with van der Waals surface area (Å²) < 4.78 is 13.1. The normalized spacial score (nSPS) is 10.8. The second-order valence-electron chi connectivity index (χ2n) is 5.35. The highest BCUT2D eigenvalue weighted by Crippen LogP contribution is 2.22. The Morgan fingerprint density at radius 3 is 2.68 bits per heavy atom. The Morgan fingerprint density at radius 2 is 1.92 bits per heavy atom. The lowest BCUT2D eigenvalue weighted by atomic mass is 10.2. The first kappa shape index (κ1) is 14.9. The van der Waals surface area contributed by atoms with Crippen molar-refractivity contribution in [3.63, 3.8) is 0 Å². The number of halogens is 1. The van der Waals surface area contributed by atoms with Crippen LogP contribution in [0, 0.1) is 5.82 Å². The van der Waals surface area contributed by atoms with Gasteiger partial charge >= 0.3 is 0 Å². The van der Waals surface area contributed by atoms with E-state index in [0.29, 0.717) is 33.8 Å². The van der Waals surface area contributed by atoms with Crippen molar-refractivity contribution >= 4 is 22.8 Å². The summed E-state index contributed by atoms with van der Waals surface area (Å²) in [5, 5.41) is 2.78. The molecule has 6 nitrogen and oxygen atoms in total. The second kappa shape index (κ2) is 6.12. The molecule has 4 aromatic rings. The van der Waals surface area contributed by atoms with Gasteiger partial charge in [-0.1, -0.05) is 0 Å². The number of carbonyl (C=O) groups excluding carboxylic acids is 1. The highest BCUT2D eigenvalue weighted by molar-refractivity contribution is 6.11. The quantitative estimate of drug-likeness (QED) is 0.602. The van der Waals surface area contributed by atoms with E-state index in [2.05, 4.69) is 25.3 Å². The van der Waals surface area contributed by atoms with Gasteiger partial charge in [-0.25, -0.2) is 14.4 Å². The number of amides is 1. The molecule has 0 aliphatic carbocycles. The Hall–Kier alpha value is -3.61. The molecule has 0 unspecified atom stereocenters. The largest absolute Gasteiger partial charge is 0.336 e. The molecule has 25 heavy (non-hydrogen) atoms. The summed E-state index contributed by atoms with van der Waals surface area (Å²) in [6, 6.07) is 11.0. The molecule has 0 aliphatic rings. The molecular formula is C18H12FN5O. The molecule has 0 saturated carbocycles. The molecule has 0 radical (unpaired) electrons. The lowest BCUT2D eigenvalue weighted by Gasteiger charge is -2.04. The molecule has 0 fully saturated rings. The fourth-order valence-corrected chi connectivity index (χ4v) is 2.48. The van der Waals surface area contributed by atoms with E-state index in [1.807, 2.05) is 0 Å². The predicted octanol–water partition coefficient (Wildman–Crippen LogP) is 3.41. The molecule has 1 aromatic carbocycles. The van der Waals surface area contributed by atoms with Crippen LogP contribution in [0.25, 0.3) is 22.6 Å². The van der Waals surface area contributed by atoms with Crippen LogP contribution < -0.4 is 5.32 Å². The van der Waals surface area contributed by atoms with Crippen LogP contribution in [0.4, 0.5) is 10.1 Å². The van der Waals surface area contributed by atoms with Crippen molar-refractivity contribution in [1.82, 2.24) is 19.9 Å². The zero-order valence-corrected chi connectivity index (χ0v) is 12.9. The van der Waals surface area contributed by atoms with Crippen molar-refractivity contribution < 1.29 is 9.18 Å². The molecule has 2 N–H and O–H groups in total. The third-order valence-electron chi connectivity index (χ3n) is 3.67. The van der Waals surface area contributed by atoms with Gasteiger partial charge in [0.05, 0.1) is 23.0 Å². The van der Waals surface area contributed by atoms with E-state index < -0.39 is 0 Å². The van der Waals surface area contributed by atoms with E-state index in [9.17, 15) is 9.18 Å². The summed E-state index contributed by atoms with van der Waals surface area (Å²) in [7, 11) is 0. The first-order valence-electron chi connectivity index (χ1n) is 7.53. The van der Waals surface area contributed by atoms with Crippen molar-refractivity contribution in [3.8, 4) is 11.4 Å². The number of imidazole rings is 1. The van der Waals surface area contributed by atoms with E-state index in [4.69, 9.17) is 0 Å². The minimum atomic E-state index is -0.325. The van der Waals surface area contributed by atoms with Crippen LogP contribution in [0.2, 0.25) is 0 Å². The van der Waals surface area contributed by atoms with Gasteiger partial charge in [-0.15, -0.1) is 0 Å². The van der Waals surface area contributed by atoms with Gasteiger partial charge in [0.15, 0.2) is 5.65 Å². The first-order chi connectivity index (χ1) is 12.2. The average Bonchev–Trinajstić information content (AvgIpc) is 3.07. The van der Waals surface area contributed by atoms with Gasteiger partial charge in [-0.05, 0) is 42.5 Å². The molecular weight excluding hydrogens is 321 g/mol. The van der Waals surface area contributed by atoms with Crippen LogP contribution in [0.1, 0.15) is 10.4 Å². The SMILES string of the molecule is O=C(Nc1cccnc1)c1ccnc2nc(-c3ccc(F)cc3)[nH]c12. The number of H-pyrrole nitrogens is 1. The molecule has 0 bridgehead atoms. The minimum Gasteiger partial charge on any atom is -0.336 e. The lowest BCUT2D eigenvalue weighted by molar-refractivity contribution is 0.102. The second-order valence-corrected chi connectivity index (χ2v) is 5.35. The number of fused-ring (bicyclic) bond motifs is 1. The summed E-state index contributed by atoms with van der Waals surface area (Å²) in [6.07, 6.45) is 4.72. The number of hydrogen-bond donors (Lipinski definition) is 2. The third-order valence-corrected chi connectivity index (χ3v) is 3.67. The first-order valence-corrected chi connectivity index (χ1v) is 7.53. The number of carbonyl (C=O) groups is 1. The molecule has 122 valence electrons. The third kappa shape index (κ3) is 2.94. The summed E-state index contributed by atoms with van der Waals surface area (Å²) in [5.74, 6) is -0.103. The molecule has 3 aromatic heterocycles. The number of aromatic amines is 1. The Kier molecular flexibility index (Phi) is 3.66. The fraction of sp³-hybridized carbons (Fsp3) is 0. The average molecular weight is 333 g/mol. The van der Waals surface area contributed by atoms with E-state index >= 15 is 0 Å². The standard InChI is InChI=1S/C18H12FN5O/c19-12-5-3-11(4-6-12)16-23-15-14(7-9-21-17(15)24-16)18(25)22-13-2-1-8-20-10-13/h1-10H,(H,22,25)(H,21,23,24). The molecule has 1 amide bonds. The maximum absolute atomic E-state index is 13.1. The molecule has 7 heteroatoms. The van der Waals surface area contributed by atoms with Gasteiger partial charge < -0.3 is 10.3 Å². The predicted molar refractivity (Wildman–Crippen MR) is 91.5 cm³/mol. The zero-order valence-electron chi connectivity index (χ0n) is 12.9. The van der Waals surface area contributed by atoms with E-state index in [1.54, 1.807) is 42.7 Å². The van der Waals surface area contributed by atoms with Gasteiger partial charge in [0.2, 0.25) is 0 Å². The number of hydrogen-bond acceptors (Lipinski definition) is 4. The number of rotatable bonds is 3. The van der Waals surface area contributed by atoms with Crippen LogP contribution in [0.5, 0.6) is 0 Å². The van der Waals surface area contributed by atoms with Gasteiger partial charge in [0.25, 0.3) is 5.91 Å². The number of nitrogens with zero attached hydrogens (tertiary/aromatic N) is 3. The van der Waals surface area contributed by atoms with E-state index in [0.717, 1.165) is 0 Å².